The molecule has 0 radical (unpaired) electrons. The van der Waals surface area contributed by atoms with E-state index in [1.807, 2.05) is 45.0 Å². The van der Waals surface area contributed by atoms with Gasteiger partial charge in [-0.2, -0.15) is 0 Å². The Morgan fingerprint density at radius 3 is 2.44 bits per heavy atom. The molecule has 132 valence electrons. The maximum absolute atomic E-state index is 12.3. The molecule has 0 spiro atoms. The van der Waals surface area contributed by atoms with Gasteiger partial charge in [0.1, 0.15) is 5.75 Å². The summed E-state index contributed by atoms with van der Waals surface area (Å²) in [4.78, 5) is 24.5. The molecule has 0 aromatic heterocycles. The van der Waals surface area contributed by atoms with Gasteiger partial charge in [-0.3, -0.25) is 9.59 Å². The van der Waals surface area contributed by atoms with Gasteiger partial charge >= 0.3 is 0 Å². The van der Waals surface area contributed by atoms with E-state index in [4.69, 9.17) is 4.74 Å². The molecular formula is C20H24N2O3. The van der Waals surface area contributed by atoms with Crippen molar-refractivity contribution in [3.8, 4) is 5.75 Å². The van der Waals surface area contributed by atoms with Crippen LogP contribution < -0.4 is 15.4 Å². The van der Waals surface area contributed by atoms with E-state index in [1.165, 1.54) is 0 Å². The highest BCUT2D eigenvalue weighted by atomic mass is 16.5. The molecule has 0 aliphatic rings. The van der Waals surface area contributed by atoms with Crippen molar-refractivity contribution in [1.29, 1.82) is 0 Å². The van der Waals surface area contributed by atoms with E-state index in [9.17, 15) is 9.59 Å². The number of hydrogen-bond donors (Lipinski definition) is 2. The lowest BCUT2D eigenvalue weighted by atomic mass is 10.1. The van der Waals surface area contributed by atoms with Gasteiger partial charge in [-0.05, 0) is 44.5 Å². The first-order chi connectivity index (χ1) is 12.0. The van der Waals surface area contributed by atoms with Crippen LogP contribution in [0.5, 0.6) is 5.75 Å². The number of benzene rings is 2. The van der Waals surface area contributed by atoms with Crippen LogP contribution in [0.1, 0.15) is 36.2 Å². The fourth-order valence-electron chi connectivity index (χ4n) is 2.16. The summed E-state index contributed by atoms with van der Waals surface area (Å²) in [6.45, 7) is 5.80. The van der Waals surface area contributed by atoms with Crippen LogP contribution >= 0.6 is 0 Å². The van der Waals surface area contributed by atoms with Crippen molar-refractivity contribution in [2.45, 2.75) is 33.2 Å². The summed E-state index contributed by atoms with van der Waals surface area (Å²) in [6, 6.07) is 14.5. The molecule has 0 saturated heterocycles. The van der Waals surface area contributed by atoms with Gasteiger partial charge in [-0.1, -0.05) is 36.8 Å². The van der Waals surface area contributed by atoms with Crippen LogP contribution in [0.4, 0.5) is 5.69 Å². The molecule has 0 unspecified atom stereocenters. The van der Waals surface area contributed by atoms with Gasteiger partial charge in [0, 0.05) is 6.04 Å². The summed E-state index contributed by atoms with van der Waals surface area (Å²) < 4.78 is 5.46. The lowest BCUT2D eigenvalue weighted by Gasteiger charge is -2.15. The van der Waals surface area contributed by atoms with E-state index < -0.39 is 0 Å². The van der Waals surface area contributed by atoms with E-state index in [0.717, 1.165) is 12.0 Å². The van der Waals surface area contributed by atoms with Crippen LogP contribution in [0.3, 0.4) is 0 Å². The van der Waals surface area contributed by atoms with Crippen molar-refractivity contribution >= 4 is 17.5 Å². The topological polar surface area (TPSA) is 67.4 Å². The number of amides is 2. The molecule has 2 amide bonds. The molecule has 0 aliphatic heterocycles. The summed E-state index contributed by atoms with van der Waals surface area (Å²) in [7, 11) is 0. The first-order valence-electron chi connectivity index (χ1n) is 8.38. The minimum atomic E-state index is -0.315. The molecule has 0 heterocycles. The molecule has 0 saturated carbocycles. The van der Waals surface area contributed by atoms with Gasteiger partial charge in [-0.25, -0.2) is 0 Å². The molecule has 2 N–H and O–H groups in total. The molecule has 5 nitrogen and oxygen atoms in total. The van der Waals surface area contributed by atoms with E-state index in [2.05, 4.69) is 10.6 Å². The van der Waals surface area contributed by atoms with Gasteiger partial charge in [0.2, 0.25) is 0 Å². The third-order valence-corrected chi connectivity index (χ3v) is 3.83. The lowest BCUT2D eigenvalue weighted by molar-refractivity contribution is -0.118. The zero-order valence-electron chi connectivity index (χ0n) is 14.8. The maximum atomic E-state index is 12.3. The van der Waals surface area contributed by atoms with Crippen molar-refractivity contribution < 1.29 is 14.3 Å². The molecule has 2 rings (SSSR count). The van der Waals surface area contributed by atoms with E-state index in [0.29, 0.717) is 17.0 Å². The summed E-state index contributed by atoms with van der Waals surface area (Å²) in [6.07, 6.45) is 0.838. The molecule has 5 heteroatoms. The van der Waals surface area contributed by atoms with Crippen molar-refractivity contribution in [2.75, 3.05) is 11.9 Å². The summed E-state index contributed by atoms with van der Waals surface area (Å²) >= 11 is 0. The van der Waals surface area contributed by atoms with E-state index in [-0.39, 0.29) is 24.5 Å². The Morgan fingerprint density at radius 2 is 1.76 bits per heavy atom. The number of nitrogens with one attached hydrogen (secondary N) is 2. The van der Waals surface area contributed by atoms with Crippen LogP contribution in [-0.4, -0.2) is 24.5 Å². The third-order valence-electron chi connectivity index (χ3n) is 3.83. The Hall–Kier alpha value is -2.82. The van der Waals surface area contributed by atoms with Gasteiger partial charge in [0.15, 0.2) is 6.61 Å². The predicted octanol–water partition coefficient (Wildman–Crippen LogP) is 3.54. The predicted molar refractivity (Wildman–Crippen MR) is 99.0 cm³/mol. The van der Waals surface area contributed by atoms with E-state index in [1.54, 1.807) is 24.3 Å². The highest BCUT2D eigenvalue weighted by molar-refractivity contribution is 6.04. The standard InChI is InChI=1S/C20H24N2O3/c1-4-15(3)21-20(24)17-7-5-6-8-18(17)22-19(23)13-25-16-11-9-14(2)10-12-16/h5-12,15H,4,13H2,1-3H3,(H,21,24)(H,22,23)/t15-/m0/s1. The second kappa shape index (κ2) is 8.87. The van der Waals surface area contributed by atoms with Gasteiger partial charge in [-0.15, -0.1) is 0 Å². The first kappa shape index (κ1) is 18.5. The number of hydrogen-bond acceptors (Lipinski definition) is 3. The number of carbonyl (C=O) groups is 2. The average molecular weight is 340 g/mol. The highest BCUT2D eigenvalue weighted by Gasteiger charge is 2.14. The second-order valence-corrected chi connectivity index (χ2v) is 5.98. The fraction of sp³-hybridized carbons (Fsp3) is 0.300. The minimum Gasteiger partial charge on any atom is -0.484 e. The third kappa shape index (κ3) is 5.64. The molecule has 2 aromatic rings. The number of aryl methyl sites for hydroxylation is 1. The van der Waals surface area contributed by atoms with Crippen molar-refractivity contribution in [1.82, 2.24) is 5.32 Å². The van der Waals surface area contributed by atoms with Crippen molar-refractivity contribution in [2.24, 2.45) is 0 Å². The SMILES string of the molecule is CC[C@H](C)NC(=O)c1ccccc1NC(=O)COc1ccc(C)cc1. The largest absolute Gasteiger partial charge is 0.484 e. The Labute approximate surface area is 148 Å². The Balaban J connectivity index is 1.98. The van der Waals surface area contributed by atoms with Gasteiger partial charge in [0.25, 0.3) is 11.8 Å². The van der Waals surface area contributed by atoms with Gasteiger partial charge < -0.3 is 15.4 Å². The van der Waals surface area contributed by atoms with Crippen LogP contribution in [0.2, 0.25) is 0 Å². The van der Waals surface area contributed by atoms with Crippen molar-refractivity contribution in [3.63, 3.8) is 0 Å². The number of ether oxygens (including phenoxy) is 1. The number of carbonyl (C=O) groups excluding carboxylic acids is 2. The normalized spacial score (nSPS) is 11.5. The lowest BCUT2D eigenvalue weighted by Crippen LogP contribution is -2.33. The van der Waals surface area contributed by atoms with Crippen LogP contribution in [0.25, 0.3) is 0 Å². The summed E-state index contributed by atoms with van der Waals surface area (Å²) in [5, 5.41) is 5.64. The Bertz CT molecular complexity index is 726. The molecule has 2 aromatic carbocycles. The smallest absolute Gasteiger partial charge is 0.262 e. The number of rotatable bonds is 7. The highest BCUT2D eigenvalue weighted by Crippen LogP contribution is 2.16. The Morgan fingerprint density at radius 1 is 1.08 bits per heavy atom. The quantitative estimate of drug-likeness (QED) is 0.810. The van der Waals surface area contributed by atoms with Crippen LogP contribution in [-0.2, 0) is 4.79 Å². The zero-order chi connectivity index (χ0) is 18.2. The zero-order valence-corrected chi connectivity index (χ0v) is 14.8. The fourth-order valence-corrected chi connectivity index (χ4v) is 2.16. The average Bonchev–Trinajstić information content (AvgIpc) is 2.61. The molecule has 25 heavy (non-hydrogen) atoms. The van der Waals surface area contributed by atoms with Crippen LogP contribution in [0, 0.1) is 6.92 Å². The van der Waals surface area contributed by atoms with Crippen molar-refractivity contribution in [3.05, 3.63) is 59.7 Å². The number of para-hydroxylation sites is 1. The minimum absolute atomic E-state index is 0.0705. The van der Waals surface area contributed by atoms with Gasteiger partial charge in [0.05, 0.1) is 11.3 Å². The molecule has 0 fully saturated rings. The first-order valence-corrected chi connectivity index (χ1v) is 8.38. The van der Waals surface area contributed by atoms with Crippen LogP contribution in [0.15, 0.2) is 48.5 Å². The number of anilines is 1. The molecule has 1 atom stereocenters. The monoisotopic (exact) mass is 340 g/mol. The Kier molecular flexibility index (Phi) is 6.57. The van der Waals surface area contributed by atoms with E-state index >= 15 is 0 Å². The summed E-state index contributed by atoms with van der Waals surface area (Å²) in [5.41, 5.74) is 2.03. The molecule has 0 aliphatic carbocycles. The maximum Gasteiger partial charge on any atom is 0.262 e. The molecular weight excluding hydrogens is 316 g/mol. The summed E-state index contributed by atoms with van der Waals surface area (Å²) in [5.74, 6) is 0.109. The second-order valence-electron chi connectivity index (χ2n) is 5.98. The molecule has 0 bridgehead atoms.